The molecule has 0 radical (unpaired) electrons. The highest BCUT2D eigenvalue weighted by atomic mass is 31.2. The lowest BCUT2D eigenvalue weighted by Gasteiger charge is -2.25. The number of hydrogen-bond acceptors (Lipinski definition) is 12. The Morgan fingerprint density at radius 3 is 2.72 bits per heavy atom. The smallest absolute Gasteiger partial charge is 0.459 e. The number of fused-ring (bicyclic) bond motifs is 2. The zero-order chi connectivity index (χ0) is 33.5. The van der Waals surface area contributed by atoms with Crippen molar-refractivity contribution in [2.75, 3.05) is 17.7 Å². The Bertz CT molecular complexity index is 1890. The Morgan fingerprint density at radius 1 is 1.26 bits per heavy atom. The minimum atomic E-state index is -4.45. The first-order chi connectivity index (χ1) is 22.4. The van der Waals surface area contributed by atoms with Crippen LogP contribution in [0.2, 0.25) is 0 Å². The summed E-state index contributed by atoms with van der Waals surface area (Å²) in [5, 5.41) is 18.4. The van der Waals surface area contributed by atoms with Crippen molar-refractivity contribution in [2.45, 2.75) is 75.9 Å². The Hall–Kier alpha value is -4.32. The predicted molar refractivity (Wildman–Crippen MR) is 171 cm³/mol. The molecule has 0 unspecified atom stereocenters. The van der Waals surface area contributed by atoms with E-state index in [4.69, 9.17) is 30.7 Å². The topological polar surface area (TPSA) is 185 Å². The van der Waals surface area contributed by atoms with Crippen LogP contribution in [0.25, 0.3) is 21.9 Å². The molecule has 14 nitrogen and oxygen atoms in total. The number of terminal acetylenes is 1. The highest BCUT2D eigenvalue weighted by Gasteiger charge is 2.58. The van der Waals surface area contributed by atoms with Crippen LogP contribution in [0.4, 0.5) is 16.2 Å². The third-order valence-corrected chi connectivity index (χ3v) is 9.34. The number of anilines is 2. The number of imidazole rings is 1. The summed E-state index contributed by atoms with van der Waals surface area (Å²) < 4.78 is 54.8. The van der Waals surface area contributed by atoms with Crippen LogP contribution in [0.5, 0.6) is 5.75 Å². The molecule has 2 aromatic carbocycles. The first kappa shape index (κ1) is 32.6. The van der Waals surface area contributed by atoms with E-state index >= 15 is 4.39 Å². The van der Waals surface area contributed by atoms with Gasteiger partial charge in [0.2, 0.25) is 11.6 Å². The minimum absolute atomic E-state index is 0.0892. The number of benzene rings is 2. The van der Waals surface area contributed by atoms with Gasteiger partial charge in [-0.15, -0.1) is 6.42 Å². The van der Waals surface area contributed by atoms with Gasteiger partial charge >= 0.3 is 13.7 Å². The molecule has 1 aliphatic carbocycles. The molecule has 16 heteroatoms. The summed E-state index contributed by atoms with van der Waals surface area (Å²) >= 11 is 0. The summed E-state index contributed by atoms with van der Waals surface area (Å²) in [6.45, 7) is 4.11. The number of carbonyl (C=O) groups is 1. The van der Waals surface area contributed by atoms with Gasteiger partial charge < -0.3 is 30.2 Å². The molecule has 0 spiro atoms. The number of aliphatic hydroxyl groups is 1. The lowest BCUT2D eigenvalue weighted by molar-refractivity contribution is -0.149. The number of halogens is 1. The Kier molecular flexibility index (Phi) is 8.82. The number of nitrogens with zero attached hydrogens (tertiary/aromatic N) is 4. The molecule has 4 aromatic rings. The van der Waals surface area contributed by atoms with Gasteiger partial charge in [-0.2, -0.15) is 15.1 Å². The lowest BCUT2D eigenvalue weighted by atomic mass is 9.97. The van der Waals surface area contributed by atoms with Crippen LogP contribution in [0.15, 0.2) is 48.8 Å². The summed E-state index contributed by atoms with van der Waals surface area (Å²) in [5.41, 5.74) is 3.59. The third kappa shape index (κ3) is 6.60. The summed E-state index contributed by atoms with van der Waals surface area (Å²) in [5.74, 6) is 1.77. The van der Waals surface area contributed by atoms with Gasteiger partial charge in [0.25, 0.3) is 0 Å². The van der Waals surface area contributed by atoms with Crippen LogP contribution < -0.4 is 20.7 Å². The minimum Gasteiger partial charge on any atom is -0.462 e. The second kappa shape index (κ2) is 12.7. The van der Waals surface area contributed by atoms with Gasteiger partial charge in [0.05, 0.1) is 19.0 Å². The van der Waals surface area contributed by atoms with E-state index in [-0.39, 0.29) is 23.4 Å². The van der Waals surface area contributed by atoms with E-state index in [1.54, 1.807) is 38.1 Å². The molecular formula is C31H35FN7O7P. The predicted octanol–water partition coefficient (Wildman–Crippen LogP) is 3.87. The van der Waals surface area contributed by atoms with Crippen molar-refractivity contribution in [3.05, 3.63) is 48.8 Å². The monoisotopic (exact) mass is 667 g/mol. The molecule has 0 bridgehead atoms. The second-order valence-electron chi connectivity index (χ2n) is 11.8. The number of ether oxygens (including phenoxy) is 2. The number of nitrogen functional groups attached to an aromatic ring is 1. The molecule has 1 aliphatic heterocycles. The number of nitrogens with one attached hydrogen (secondary N) is 2. The van der Waals surface area contributed by atoms with Crippen LogP contribution in [0.1, 0.15) is 39.8 Å². The Balaban J connectivity index is 1.28. The number of esters is 1. The molecule has 2 aliphatic rings. The van der Waals surface area contributed by atoms with Crippen LogP contribution in [0, 0.1) is 12.3 Å². The first-order valence-electron chi connectivity index (χ1n) is 15.1. The van der Waals surface area contributed by atoms with E-state index in [0.29, 0.717) is 16.7 Å². The number of alkyl halides is 1. The van der Waals surface area contributed by atoms with Crippen molar-refractivity contribution in [1.82, 2.24) is 24.6 Å². The Labute approximate surface area is 269 Å². The van der Waals surface area contributed by atoms with Crippen molar-refractivity contribution in [3.63, 3.8) is 0 Å². The quantitative estimate of drug-likeness (QED) is 0.0971. The van der Waals surface area contributed by atoms with Gasteiger partial charge in [-0.3, -0.25) is 13.9 Å². The molecule has 3 heterocycles. The molecule has 6 atom stereocenters. The van der Waals surface area contributed by atoms with Crippen molar-refractivity contribution in [3.8, 4) is 18.1 Å². The van der Waals surface area contributed by atoms with Crippen LogP contribution in [-0.2, 0) is 23.4 Å². The fraction of sp³-hybridized carbons (Fsp3) is 0.419. The van der Waals surface area contributed by atoms with Crippen molar-refractivity contribution >= 4 is 47.4 Å². The summed E-state index contributed by atoms with van der Waals surface area (Å²) in [7, 11) is -4.45. The van der Waals surface area contributed by atoms with Crippen molar-refractivity contribution in [2.24, 2.45) is 0 Å². The maximum atomic E-state index is 16.5. The van der Waals surface area contributed by atoms with E-state index in [1.165, 1.54) is 17.8 Å². The largest absolute Gasteiger partial charge is 0.462 e. The van der Waals surface area contributed by atoms with E-state index in [2.05, 4.69) is 25.4 Å². The highest BCUT2D eigenvalue weighted by molar-refractivity contribution is 7.52. The lowest BCUT2D eigenvalue weighted by Crippen LogP contribution is -2.42. The third-order valence-electron chi connectivity index (χ3n) is 7.71. The average Bonchev–Trinajstić information content (AvgIpc) is 3.70. The fourth-order valence-electron chi connectivity index (χ4n) is 5.23. The molecule has 47 heavy (non-hydrogen) atoms. The molecule has 248 valence electrons. The Morgan fingerprint density at radius 2 is 2.00 bits per heavy atom. The van der Waals surface area contributed by atoms with E-state index in [1.807, 2.05) is 24.1 Å². The van der Waals surface area contributed by atoms with Gasteiger partial charge in [-0.1, -0.05) is 42.3 Å². The maximum Gasteiger partial charge on any atom is 0.459 e. The molecule has 6 rings (SSSR count). The SMILES string of the molecule is C#C[C@@]1(F)[C@H](O)[C@@H](CO[P@](=O)(N[C@@H](C)C(=O)OC(C)C)Oc2cccc3ccccc23)O[C@H]1n1cnc2c(NC3CC3)nc(N)nc21. The normalized spacial score (nSPS) is 24.6. The van der Waals surface area contributed by atoms with Gasteiger partial charge in [-0.25, -0.2) is 13.9 Å². The first-order valence-corrected chi connectivity index (χ1v) is 16.6. The number of nitrogens with two attached hydrogens (primary N) is 1. The molecular weight excluding hydrogens is 632 g/mol. The zero-order valence-corrected chi connectivity index (χ0v) is 26.8. The number of aromatic nitrogens is 4. The van der Waals surface area contributed by atoms with E-state index in [9.17, 15) is 14.5 Å². The van der Waals surface area contributed by atoms with Crippen LogP contribution in [0.3, 0.4) is 0 Å². The number of hydrogen-bond donors (Lipinski definition) is 4. The summed E-state index contributed by atoms with van der Waals surface area (Å²) in [6.07, 6.45) is 3.32. The van der Waals surface area contributed by atoms with Crippen molar-refractivity contribution in [1.29, 1.82) is 0 Å². The molecule has 1 saturated heterocycles. The molecule has 2 fully saturated rings. The second-order valence-corrected chi connectivity index (χ2v) is 13.4. The van der Waals surface area contributed by atoms with E-state index in [0.717, 1.165) is 18.2 Å². The number of carbonyl (C=O) groups excluding carboxylic acids is 1. The van der Waals surface area contributed by atoms with Gasteiger partial charge in [0.1, 0.15) is 24.0 Å². The van der Waals surface area contributed by atoms with Crippen LogP contribution in [-0.4, -0.2) is 73.3 Å². The molecule has 2 aromatic heterocycles. The molecule has 0 amide bonds. The summed E-state index contributed by atoms with van der Waals surface area (Å²) in [4.78, 5) is 25.4. The van der Waals surface area contributed by atoms with Gasteiger partial charge in [0.15, 0.2) is 23.2 Å². The number of aliphatic hydroxyl groups excluding tert-OH is 1. The van der Waals surface area contributed by atoms with Gasteiger partial charge in [-0.05, 0) is 45.1 Å². The zero-order valence-electron chi connectivity index (χ0n) is 25.9. The van der Waals surface area contributed by atoms with Crippen molar-refractivity contribution < 1.29 is 37.4 Å². The van der Waals surface area contributed by atoms with Crippen LogP contribution >= 0.6 is 7.75 Å². The standard InChI is InChI=1S/C31H35FN7O7P/c1-5-31(32)25(40)23(45-29(31)39-16-34-24-26(35-20-13-14-20)36-30(33)37-27(24)39)15-43-47(42,38-18(4)28(41)44-17(2)3)46-22-12-8-10-19-9-6-7-11-21(19)22/h1,6-12,16-18,20,23,25,29,40H,13-15H2,2-4H3,(H,38,42)(H3,33,35,36,37)/t18-,23+,25+,29+,31+,47+/m0/s1. The van der Waals surface area contributed by atoms with E-state index < -0.39 is 56.6 Å². The molecule has 1 saturated carbocycles. The van der Waals surface area contributed by atoms with Gasteiger partial charge in [0, 0.05) is 11.4 Å². The highest BCUT2D eigenvalue weighted by Crippen LogP contribution is 2.49. The average molecular weight is 668 g/mol. The fourth-order valence-corrected chi connectivity index (χ4v) is 6.75. The molecule has 5 N–H and O–H groups in total. The maximum absolute atomic E-state index is 16.5. The number of rotatable bonds is 12. The summed E-state index contributed by atoms with van der Waals surface area (Å²) in [6, 6.07) is 11.4.